The zero-order valence-corrected chi connectivity index (χ0v) is 14.0. The van der Waals surface area contributed by atoms with E-state index in [-0.39, 0.29) is 11.9 Å². The fourth-order valence-electron chi connectivity index (χ4n) is 2.60. The van der Waals surface area contributed by atoms with E-state index in [4.69, 9.17) is 4.74 Å². The van der Waals surface area contributed by atoms with Gasteiger partial charge < -0.3 is 10.1 Å². The first-order valence-corrected chi connectivity index (χ1v) is 8.66. The Hall–Kier alpha value is -1.76. The highest BCUT2D eigenvalue weighted by molar-refractivity contribution is 7.16. The molecule has 2 aromatic rings. The number of carbonyl (C=O) groups excluding carboxylic acids is 1. The summed E-state index contributed by atoms with van der Waals surface area (Å²) < 4.78 is 5.34. The molecule has 1 aromatic heterocycles. The molecule has 0 radical (unpaired) electrons. The Kier molecular flexibility index (Phi) is 5.38. The standard InChI is InChI=1S/C17H21N3O2S/c1-13(12-20-7-9-22-10-8-20)19-16(21)15-11-18-17(23-15)14-5-3-2-4-6-14/h2-6,11,13H,7-10,12H2,1H3,(H,19,21). The van der Waals surface area contributed by atoms with Crippen LogP contribution in [-0.4, -0.2) is 54.7 Å². The summed E-state index contributed by atoms with van der Waals surface area (Å²) in [4.78, 5) is 19.7. The summed E-state index contributed by atoms with van der Waals surface area (Å²) in [5, 5.41) is 3.93. The van der Waals surface area contributed by atoms with Crippen molar-refractivity contribution in [3.05, 3.63) is 41.4 Å². The molecule has 5 nitrogen and oxygen atoms in total. The van der Waals surface area contributed by atoms with Crippen molar-refractivity contribution < 1.29 is 9.53 Å². The molecule has 3 rings (SSSR count). The molecule has 2 heterocycles. The van der Waals surface area contributed by atoms with Crippen molar-refractivity contribution in [3.8, 4) is 10.6 Å². The van der Waals surface area contributed by atoms with Gasteiger partial charge in [0.05, 0.1) is 19.4 Å². The number of ether oxygens (including phenoxy) is 1. The average Bonchev–Trinajstić information content (AvgIpc) is 3.06. The normalized spacial score (nSPS) is 16.9. The Bertz CT molecular complexity index is 638. The predicted molar refractivity (Wildman–Crippen MR) is 91.7 cm³/mol. The van der Waals surface area contributed by atoms with Gasteiger partial charge in [-0.05, 0) is 6.92 Å². The summed E-state index contributed by atoms with van der Waals surface area (Å²) >= 11 is 1.43. The summed E-state index contributed by atoms with van der Waals surface area (Å²) in [6, 6.07) is 10.0. The average molecular weight is 331 g/mol. The second-order valence-corrected chi connectivity index (χ2v) is 6.71. The highest BCUT2D eigenvalue weighted by atomic mass is 32.1. The Morgan fingerprint density at radius 3 is 2.83 bits per heavy atom. The van der Waals surface area contributed by atoms with E-state index in [9.17, 15) is 4.79 Å². The van der Waals surface area contributed by atoms with E-state index in [0.29, 0.717) is 4.88 Å². The third-order valence-corrected chi connectivity index (χ3v) is 4.81. The lowest BCUT2D eigenvalue weighted by atomic mass is 10.2. The Morgan fingerprint density at radius 2 is 2.09 bits per heavy atom. The Labute approximate surface area is 140 Å². The molecule has 1 fully saturated rings. The summed E-state index contributed by atoms with van der Waals surface area (Å²) in [5.74, 6) is -0.0505. The number of aromatic nitrogens is 1. The third kappa shape index (κ3) is 4.37. The molecule has 1 aliphatic heterocycles. The fraction of sp³-hybridized carbons (Fsp3) is 0.412. The zero-order valence-electron chi connectivity index (χ0n) is 13.2. The maximum Gasteiger partial charge on any atom is 0.263 e. The topological polar surface area (TPSA) is 54.5 Å². The van der Waals surface area contributed by atoms with Crippen LogP contribution in [0.2, 0.25) is 0 Å². The predicted octanol–water partition coefficient (Wildman–Crippen LogP) is 2.26. The van der Waals surface area contributed by atoms with Crippen molar-refractivity contribution in [2.75, 3.05) is 32.8 Å². The van der Waals surface area contributed by atoms with Gasteiger partial charge in [-0.2, -0.15) is 0 Å². The van der Waals surface area contributed by atoms with E-state index in [1.54, 1.807) is 6.20 Å². The molecule has 1 aliphatic rings. The molecule has 0 aliphatic carbocycles. The van der Waals surface area contributed by atoms with E-state index < -0.39 is 0 Å². The summed E-state index contributed by atoms with van der Waals surface area (Å²) in [6.07, 6.45) is 1.66. The molecule has 23 heavy (non-hydrogen) atoms. The van der Waals surface area contributed by atoms with Crippen LogP contribution in [0.25, 0.3) is 10.6 Å². The largest absolute Gasteiger partial charge is 0.379 e. The lowest BCUT2D eigenvalue weighted by Gasteiger charge is -2.29. The van der Waals surface area contributed by atoms with Crippen LogP contribution in [0.4, 0.5) is 0 Å². The van der Waals surface area contributed by atoms with Gasteiger partial charge in [-0.25, -0.2) is 4.98 Å². The molecular formula is C17H21N3O2S. The molecule has 1 unspecified atom stereocenters. The summed E-state index contributed by atoms with van der Waals surface area (Å²) in [5.41, 5.74) is 1.04. The second-order valence-electron chi connectivity index (χ2n) is 5.68. The van der Waals surface area contributed by atoms with Crippen molar-refractivity contribution in [1.82, 2.24) is 15.2 Å². The van der Waals surface area contributed by atoms with Gasteiger partial charge in [-0.15, -0.1) is 11.3 Å². The molecule has 0 bridgehead atoms. The maximum absolute atomic E-state index is 12.4. The fourth-order valence-corrected chi connectivity index (χ4v) is 3.43. The maximum atomic E-state index is 12.4. The molecule has 1 aromatic carbocycles. The van der Waals surface area contributed by atoms with Gasteiger partial charge in [0.1, 0.15) is 9.88 Å². The number of rotatable bonds is 5. The number of benzene rings is 1. The van der Waals surface area contributed by atoms with E-state index in [1.807, 2.05) is 37.3 Å². The highest BCUT2D eigenvalue weighted by Gasteiger charge is 2.17. The van der Waals surface area contributed by atoms with E-state index >= 15 is 0 Å². The molecule has 122 valence electrons. The van der Waals surface area contributed by atoms with Gasteiger partial charge in [0.25, 0.3) is 5.91 Å². The van der Waals surface area contributed by atoms with Gasteiger partial charge in [0, 0.05) is 31.2 Å². The minimum atomic E-state index is -0.0505. The Morgan fingerprint density at radius 1 is 1.35 bits per heavy atom. The van der Waals surface area contributed by atoms with Crippen molar-refractivity contribution in [2.45, 2.75) is 13.0 Å². The summed E-state index contributed by atoms with van der Waals surface area (Å²) in [6.45, 7) is 6.29. The van der Waals surface area contributed by atoms with Crippen LogP contribution in [0, 0.1) is 0 Å². The van der Waals surface area contributed by atoms with E-state index in [0.717, 1.165) is 43.4 Å². The SMILES string of the molecule is CC(CN1CCOCC1)NC(=O)c1cnc(-c2ccccc2)s1. The van der Waals surface area contributed by atoms with E-state index in [1.165, 1.54) is 11.3 Å². The van der Waals surface area contributed by atoms with Crippen LogP contribution in [0.5, 0.6) is 0 Å². The van der Waals surface area contributed by atoms with Crippen molar-refractivity contribution in [3.63, 3.8) is 0 Å². The number of nitrogens with one attached hydrogen (secondary N) is 1. The van der Waals surface area contributed by atoms with Gasteiger partial charge >= 0.3 is 0 Å². The van der Waals surface area contributed by atoms with Crippen LogP contribution in [0.3, 0.4) is 0 Å². The lowest BCUT2D eigenvalue weighted by Crippen LogP contribution is -2.45. The van der Waals surface area contributed by atoms with Crippen molar-refractivity contribution in [1.29, 1.82) is 0 Å². The first kappa shape index (κ1) is 16.1. The van der Waals surface area contributed by atoms with E-state index in [2.05, 4.69) is 15.2 Å². The monoisotopic (exact) mass is 331 g/mol. The first-order chi connectivity index (χ1) is 11.2. The number of carbonyl (C=O) groups is 1. The van der Waals surface area contributed by atoms with Gasteiger partial charge in [-0.1, -0.05) is 30.3 Å². The molecule has 1 N–H and O–H groups in total. The molecule has 0 spiro atoms. The van der Waals surface area contributed by atoms with Gasteiger partial charge in [0.15, 0.2) is 0 Å². The third-order valence-electron chi connectivity index (χ3n) is 3.76. The van der Waals surface area contributed by atoms with Gasteiger partial charge in [0.2, 0.25) is 0 Å². The number of hydrogen-bond acceptors (Lipinski definition) is 5. The van der Waals surface area contributed by atoms with Crippen LogP contribution in [0.15, 0.2) is 36.5 Å². The number of hydrogen-bond donors (Lipinski definition) is 1. The van der Waals surface area contributed by atoms with Crippen LogP contribution < -0.4 is 5.32 Å². The van der Waals surface area contributed by atoms with Crippen LogP contribution >= 0.6 is 11.3 Å². The Balaban J connectivity index is 1.56. The molecule has 6 heteroatoms. The van der Waals surface area contributed by atoms with Crippen molar-refractivity contribution in [2.24, 2.45) is 0 Å². The van der Waals surface area contributed by atoms with Crippen molar-refractivity contribution >= 4 is 17.2 Å². The quantitative estimate of drug-likeness (QED) is 0.913. The lowest BCUT2D eigenvalue weighted by molar-refractivity contribution is 0.0342. The second kappa shape index (κ2) is 7.68. The minimum Gasteiger partial charge on any atom is -0.379 e. The van der Waals surface area contributed by atoms with Gasteiger partial charge in [-0.3, -0.25) is 9.69 Å². The number of thiazole rings is 1. The molecular weight excluding hydrogens is 310 g/mol. The van der Waals surface area contributed by atoms with Crippen LogP contribution in [0.1, 0.15) is 16.6 Å². The number of morpholine rings is 1. The van der Waals surface area contributed by atoms with Crippen LogP contribution in [-0.2, 0) is 4.74 Å². The molecule has 1 atom stereocenters. The number of amides is 1. The molecule has 1 amide bonds. The highest BCUT2D eigenvalue weighted by Crippen LogP contribution is 2.24. The molecule has 1 saturated heterocycles. The smallest absolute Gasteiger partial charge is 0.263 e. The molecule has 0 saturated carbocycles. The first-order valence-electron chi connectivity index (χ1n) is 7.84. The summed E-state index contributed by atoms with van der Waals surface area (Å²) in [7, 11) is 0. The zero-order chi connectivity index (χ0) is 16.1. The minimum absolute atomic E-state index is 0.0505. The number of nitrogens with zero attached hydrogens (tertiary/aromatic N) is 2.